The Morgan fingerprint density at radius 1 is 1.35 bits per heavy atom. The van der Waals surface area contributed by atoms with Gasteiger partial charge in [-0.15, -0.1) is 0 Å². The van der Waals surface area contributed by atoms with E-state index < -0.39 is 11.6 Å². The van der Waals surface area contributed by atoms with E-state index in [1.54, 1.807) is 4.90 Å². The van der Waals surface area contributed by atoms with Crippen LogP contribution in [0.4, 0.5) is 4.79 Å². The number of benzene rings is 1. The first-order valence-electron chi connectivity index (χ1n) is 6.77. The van der Waals surface area contributed by atoms with Crippen molar-refractivity contribution in [3.8, 4) is 0 Å². The number of amides is 2. The normalized spacial score (nSPS) is 15.3. The summed E-state index contributed by atoms with van der Waals surface area (Å²) in [5, 5.41) is 2.81. The van der Waals surface area contributed by atoms with Gasteiger partial charge in [0.15, 0.2) is 6.73 Å². The number of nitrogens with zero attached hydrogens (tertiary/aromatic N) is 1. The maximum absolute atomic E-state index is 11.8. The molecular weight excluding hydrogens is 256 g/mol. The molecule has 0 aromatic heterocycles. The molecule has 5 nitrogen and oxygen atoms in total. The summed E-state index contributed by atoms with van der Waals surface area (Å²) in [4.78, 5) is 24.8. The molecule has 1 aromatic carbocycles. The molecule has 1 heterocycles. The van der Waals surface area contributed by atoms with E-state index in [0.717, 1.165) is 12.0 Å². The average Bonchev–Trinajstić information content (AvgIpc) is 2.82. The van der Waals surface area contributed by atoms with Gasteiger partial charge in [0.25, 0.3) is 0 Å². The van der Waals surface area contributed by atoms with Gasteiger partial charge < -0.3 is 15.0 Å². The summed E-state index contributed by atoms with van der Waals surface area (Å²) in [6.45, 7) is 4.50. The molecule has 0 bridgehead atoms. The summed E-state index contributed by atoms with van der Waals surface area (Å²) >= 11 is 0. The highest BCUT2D eigenvalue weighted by molar-refractivity contribution is 5.78. The molecule has 1 aromatic rings. The van der Waals surface area contributed by atoms with Gasteiger partial charge in [-0.25, -0.2) is 4.79 Å². The Kier molecular flexibility index (Phi) is 4.27. The lowest BCUT2D eigenvalue weighted by Crippen LogP contribution is -2.42. The molecule has 2 rings (SSSR count). The van der Waals surface area contributed by atoms with E-state index in [-0.39, 0.29) is 12.6 Å². The van der Waals surface area contributed by atoms with E-state index >= 15 is 0 Å². The Morgan fingerprint density at radius 3 is 2.65 bits per heavy atom. The minimum Gasteiger partial charge on any atom is -0.428 e. The van der Waals surface area contributed by atoms with Crippen LogP contribution in [0.1, 0.15) is 32.3 Å². The van der Waals surface area contributed by atoms with Crippen molar-refractivity contribution in [2.75, 3.05) is 13.3 Å². The van der Waals surface area contributed by atoms with Crippen LogP contribution in [0.5, 0.6) is 0 Å². The van der Waals surface area contributed by atoms with Crippen LogP contribution in [0.15, 0.2) is 30.3 Å². The Balaban J connectivity index is 1.86. The Morgan fingerprint density at radius 2 is 2.05 bits per heavy atom. The molecule has 20 heavy (non-hydrogen) atoms. The summed E-state index contributed by atoms with van der Waals surface area (Å²) in [5.41, 5.74) is 0.474. The number of likely N-dealkylation sites (tertiary alicyclic amines) is 1. The van der Waals surface area contributed by atoms with Crippen molar-refractivity contribution in [2.24, 2.45) is 0 Å². The molecule has 1 aliphatic heterocycles. The molecule has 5 heteroatoms. The van der Waals surface area contributed by atoms with Crippen LogP contribution in [-0.2, 0) is 15.1 Å². The first kappa shape index (κ1) is 14.4. The van der Waals surface area contributed by atoms with Gasteiger partial charge in [-0.3, -0.25) is 4.79 Å². The SMILES string of the molecule is CC(C)(NC(=O)OCN1CCCC1=O)c1ccccc1. The van der Waals surface area contributed by atoms with Gasteiger partial charge in [0.05, 0.1) is 5.54 Å². The van der Waals surface area contributed by atoms with E-state index in [0.29, 0.717) is 13.0 Å². The fourth-order valence-corrected chi connectivity index (χ4v) is 2.20. The largest absolute Gasteiger partial charge is 0.428 e. The number of carbonyl (C=O) groups excluding carboxylic acids is 2. The predicted octanol–water partition coefficient (Wildman–Crippen LogP) is 2.23. The molecule has 0 atom stereocenters. The van der Waals surface area contributed by atoms with E-state index in [1.165, 1.54) is 0 Å². The molecule has 0 radical (unpaired) electrons. The van der Waals surface area contributed by atoms with Crippen molar-refractivity contribution in [2.45, 2.75) is 32.2 Å². The number of ether oxygens (including phenoxy) is 1. The second kappa shape index (κ2) is 5.94. The number of nitrogens with one attached hydrogen (secondary N) is 1. The Bertz CT molecular complexity index is 485. The highest BCUT2D eigenvalue weighted by Gasteiger charge is 2.25. The molecule has 0 unspecified atom stereocenters. The third kappa shape index (κ3) is 3.50. The Hall–Kier alpha value is -2.04. The lowest BCUT2D eigenvalue weighted by molar-refractivity contribution is -0.130. The Labute approximate surface area is 118 Å². The average molecular weight is 276 g/mol. The summed E-state index contributed by atoms with van der Waals surface area (Å²) in [6, 6.07) is 9.67. The highest BCUT2D eigenvalue weighted by Crippen LogP contribution is 2.19. The van der Waals surface area contributed by atoms with Crippen LogP contribution >= 0.6 is 0 Å². The van der Waals surface area contributed by atoms with Gasteiger partial charge in [0.1, 0.15) is 0 Å². The molecule has 1 fully saturated rings. The van der Waals surface area contributed by atoms with Gasteiger partial charge in [0, 0.05) is 13.0 Å². The molecule has 108 valence electrons. The number of alkyl carbamates (subject to hydrolysis) is 1. The van der Waals surface area contributed by atoms with Gasteiger partial charge in [-0.05, 0) is 25.8 Å². The van der Waals surface area contributed by atoms with Crippen molar-refractivity contribution in [1.82, 2.24) is 10.2 Å². The van der Waals surface area contributed by atoms with Gasteiger partial charge in [-0.2, -0.15) is 0 Å². The van der Waals surface area contributed by atoms with Gasteiger partial charge >= 0.3 is 6.09 Å². The second-order valence-corrected chi connectivity index (χ2v) is 5.44. The third-order valence-electron chi connectivity index (χ3n) is 3.43. The van der Waals surface area contributed by atoms with Crippen LogP contribution in [0.2, 0.25) is 0 Å². The molecular formula is C15H20N2O3. The van der Waals surface area contributed by atoms with Crippen molar-refractivity contribution >= 4 is 12.0 Å². The lowest BCUT2D eigenvalue weighted by atomic mass is 9.95. The molecule has 1 saturated heterocycles. The molecule has 0 saturated carbocycles. The molecule has 1 aliphatic rings. The summed E-state index contributed by atoms with van der Waals surface area (Å²) < 4.78 is 5.11. The van der Waals surface area contributed by atoms with Gasteiger partial charge in [-0.1, -0.05) is 30.3 Å². The number of carbonyl (C=O) groups is 2. The zero-order chi connectivity index (χ0) is 14.6. The van der Waals surface area contributed by atoms with E-state index in [2.05, 4.69) is 5.32 Å². The number of hydrogen-bond acceptors (Lipinski definition) is 3. The first-order valence-corrected chi connectivity index (χ1v) is 6.77. The first-order chi connectivity index (χ1) is 9.49. The minimum atomic E-state index is -0.520. The lowest BCUT2D eigenvalue weighted by Gasteiger charge is -2.27. The predicted molar refractivity (Wildman–Crippen MR) is 74.9 cm³/mol. The number of rotatable bonds is 4. The van der Waals surface area contributed by atoms with Crippen molar-refractivity contribution in [3.05, 3.63) is 35.9 Å². The van der Waals surface area contributed by atoms with Crippen LogP contribution in [0, 0.1) is 0 Å². The monoisotopic (exact) mass is 276 g/mol. The van der Waals surface area contributed by atoms with Crippen molar-refractivity contribution < 1.29 is 14.3 Å². The second-order valence-electron chi connectivity index (χ2n) is 5.44. The topological polar surface area (TPSA) is 58.6 Å². The maximum Gasteiger partial charge on any atom is 0.409 e. The molecule has 1 N–H and O–H groups in total. The smallest absolute Gasteiger partial charge is 0.409 e. The summed E-state index contributed by atoms with van der Waals surface area (Å²) in [5.74, 6) is 0.0418. The quantitative estimate of drug-likeness (QED) is 0.917. The molecule has 0 aliphatic carbocycles. The summed E-state index contributed by atoms with van der Waals surface area (Å²) in [7, 11) is 0. The van der Waals surface area contributed by atoms with Crippen LogP contribution in [-0.4, -0.2) is 30.2 Å². The fourth-order valence-electron chi connectivity index (χ4n) is 2.20. The van der Waals surface area contributed by atoms with E-state index in [1.807, 2.05) is 44.2 Å². The third-order valence-corrected chi connectivity index (χ3v) is 3.43. The fraction of sp³-hybridized carbons (Fsp3) is 0.467. The van der Waals surface area contributed by atoms with Crippen LogP contribution < -0.4 is 5.32 Å². The maximum atomic E-state index is 11.8. The standard InChI is InChI=1S/C15H20N2O3/c1-15(2,12-7-4-3-5-8-12)16-14(19)20-11-17-10-6-9-13(17)18/h3-5,7-8H,6,9-11H2,1-2H3,(H,16,19). The van der Waals surface area contributed by atoms with Crippen LogP contribution in [0.3, 0.4) is 0 Å². The van der Waals surface area contributed by atoms with Crippen molar-refractivity contribution in [3.63, 3.8) is 0 Å². The zero-order valence-corrected chi connectivity index (χ0v) is 11.9. The highest BCUT2D eigenvalue weighted by atomic mass is 16.6. The summed E-state index contributed by atoms with van der Waals surface area (Å²) in [6.07, 6.45) is 0.860. The van der Waals surface area contributed by atoms with Gasteiger partial charge in [0.2, 0.25) is 5.91 Å². The van der Waals surface area contributed by atoms with Crippen LogP contribution in [0.25, 0.3) is 0 Å². The molecule has 2 amide bonds. The zero-order valence-electron chi connectivity index (χ0n) is 11.9. The number of hydrogen-bond donors (Lipinski definition) is 1. The minimum absolute atomic E-state index is 0.0233. The van der Waals surface area contributed by atoms with E-state index in [4.69, 9.17) is 4.74 Å². The van der Waals surface area contributed by atoms with E-state index in [9.17, 15) is 9.59 Å². The molecule has 0 spiro atoms. The van der Waals surface area contributed by atoms with Crippen molar-refractivity contribution in [1.29, 1.82) is 0 Å².